The fourth-order valence-electron chi connectivity index (χ4n) is 2.87. The van der Waals surface area contributed by atoms with E-state index in [2.05, 4.69) is 9.88 Å². The summed E-state index contributed by atoms with van der Waals surface area (Å²) in [5.41, 5.74) is 6.89. The molecule has 1 amide bonds. The van der Waals surface area contributed by atoms with E-state index in [1.165, 1.54) is 0 Å². The summed E-state index contributed by atoms with van der Waals surface area (Å²) in [7, 11) is 0. The minimum Gasteiger partial charge on any atom is -0.333 e. The lowest BCUT2D eigenvalue weighted by Crippen LogP contribution is -2.46. The maximum atomic E-state index is 12.6. The zero-order chi connectivity index (χ0) is 14.7. The first-order valence-corrected chi connectivity index (χ1v) is 7.89. The van der Waals surface area contributed by atoms with E-state index in [1.807, 2.05) is 23.1 Å². The topological polar surface area (TPSA) is 62.5 Å². The van der Waals surface area contributed by atoms with Gasteiger partial charge < -0.3 is 10.6 Å². The molecular weight excluding hydrogens is 264 g/mol. The van der Waals surface area contributed by atoms with Crippen molar-refractivity contribution in [2.24, 2.45) is 5.73 Å². The highest BCUT2D eigenvalue weighted by Gasteiger charge is 2.33. The fourth-order valence-corrected chi connectivity index (χ4v) is 2.87. The molecule has 0 atom stereocenters. The Bertz CT molecular complexity index is 466. The molecule has 1 aromatic rings. The Labute approximate surface area is 126 Å². The van der Waals surface area contributed by atoms with Gasteiger partial charge in [-0.25, -0.2) is 0 Å². The Balaban J connectivity index is 1.57. The molecule has 3 rings (SSSR count). The van der Waals surface area contributed by atoms with Gasteiger partial charge in [0, 0.05) is 31.4 Å². The number of hydrogen-bond donors (Lipinski definition) is 1. The Morgan fingerprint density at radius 1 is 1.29 bits per heavy atom. The lowest BCUT2D eigenvalue weighted by atomic mass is 10.1. The van der Waals surface area contributed by atoms with Gasteiger partial charge in [0.1, 0.15) is 0 Å². The molecule has 0 spiro atoms. The third-order valence-electron chi connectivity index (χ3n) is 4.36. The molecule has 1 saturated heterocycles. The quantitative estimate of drug-likeness (QED) is 0.878. The number of piperidine rings is 1. The zero-order valence-electron chi connectivity index (χ0n) is 12.4. The van der Waals surface area contributed by atoms with Crippen molar-refractivity contribution in [2.45, 2.75) is 44.3 Å². The molecule has 2 heterocycles. The van der Waals surface area contributed by atoms with Gasteiger partial charge in [-0.1, -0.05) is 6.07 Å². The summed E-state index contributed by atoms with van der Waals surface area (Å²) in [5, 5.41) is 0. The van der Waals surface area contributed by atoms with Crippen LogP contribution in [0.5, 0.6) is 0 Å². The number of pyridine rings is 1. The number of carbonyl (C=O) groups excluding carboxylic acids is 1. The highest BCUT2D eigenvalue weighted by atomic mass is 16.2. The highest BCUT2D eigenvalue weighted by Crippen LogP contribution is 2.28. The number of aromatic nitrogens is 1. The lowest BCUT2D eigenvalue weighted by Gasteiger charge is -2.31. The maximum absolute atomic E-state index is 12.6. The molecule has 114 valence electrons. The van der Waals surface area contributed by atoms with Crippen molar-refractivity contribution in [2.75, 3.05) is 19.6 Å². The predicted octanol–water partition coefficient (Wildman–Crippen LogP) is 0.996. The van der Waals surface area contributed by atoms with Crippen molar-refractivity contribution >= 4 is 5.91 Å². The third-order valence-corrected chi connectivity index (χ3v) is 4.36. The minimum absolute atomic E-state index is 0.235. The van der Waals surface area contributed by atoms with Crippen LogP contribution < -0.4 is 5.73 Å². The van der Waals surface area contributed by atoms with E-state index < -0.39 is 0 Å². The monoisotopic (exact) mass is 288 g/mol. The lowest BCUT2D eigenvalue weighted by molar-refractivity contribution is -0.134. The fraction of sp³-hybridized carbons (Fsp3) is 0.625. The molecule has 0 bridgehead atoms. The molecule has 1 aliphatic heterocycles. The summed E-state index contributed by atoms with van der Waals surface area (Å²) in [5.74, 6) is 0.235. The molecule has 0 radical (unpaired) electrons. The van der Waals surface area contributed by atoms with Crippen LogP contribution >= 0.6 is 0 Å². The van der Waals surface area contributed by atoms with Gasteiger partial charge >= 0.3 is 0 Å². The van der Waals surface area contributed by atoms with Crippen molar-refractivity contribution in [3.05, 3.63) is 30.1 Å². The van der Waals surface area contributed by atoms with E-state index in [4.69, 9.17) is 5.73 Å². The van der Waals surface area contributed by atoms with Crippen molar-refractivity contribution in [1.82, 2.24) is 14.8 Å². The van der Waals surface area contributed by atoms with Crippen LogP contribution in [0.2, 0.25) is 0 Å². The van der Waals surface area contributed by atoms with Crippen LogP contribution in [0, 0.1) is 0 Å². The second-order valence-electron chi connectivity index (χ2n) is 6.19. The van der Waals surface area contributed by atoms with Crippen molar-refractivity contribution < 1.29 is 4.79 Å². The standard InChI is InChI=1S/C16H24N4O/c17-13-6-9-19(10-7-13)12-16(21)20(15-4-5-15)11-14-3-1-2-8-18-14/h1-3,8,13,15H,4-7,9-12,17H2. The van der Waals surface area contributed by atoms with E-state index in [-0.39, 0.29) is 5.91 Å². The van der Waals surface area contributed by atoms with Crippen LogP contribution in [0.3, 0.4) is 0 Å². The molecule has 5 nitrogen and oxygen atoms in total. The van der Waals surface area contributed by atoms with E-state index in [0.29, 0.717) is 25.2 Å². The van der Waals surface area contributed by atoms with Gasteiger partial charge in [-0.15, -0.1) is 0 Å². The molecule has 0 aromatic carbocycles. The van der Waals surface area contributed by atoms with Crippen LogP contribution in [-0.2, 0) is 11.3 Å². The normalized spacial score (nSPS) is 20.4. The molecule has 2 N–H and O–H groups in total. The van der Waals surface area contributed by atoms with Crippen molar-refractivity contribution in [3.63, 3.8) is 0 Å². The maximum Gasteiger partial charge on any atom is 0.237 e. The number of amides is 1. The second-order valence-corrected chi connectivity index (χ2v) is 6.19. The van der Waals surface area contributed by atoms with Gasteiger partial charge in [0.05, 0.1) is 18.8 Å². The molecule has 1 aromatic heterocycles. The Morgan fingerprint density at radius 3 is 2.67 bits per heavy atom. The average Bonchev–Trinajstić information content (AvgIpc) is 3.33. The van der Waals surface area contributed by atoms with E-state index in [1.54, 1.807) is 6.20 Å². The van der Waals surface area contributed by atoms with Gasteiger partial charge in [-0.2, -0.15) is 0 Å². The van der Waals surface area contributed by atoms with E-state index in [9.17, 15) is 4.79 Å². The summed E-state index contributed by atoms with van der Waals surface area (Å²) in [4.78, 5) is 21.2. The highest BCUT2D eigenvalue weighted by molar-refractivity contribution is 5.79. The number of nitrogens with zero attached hydrogens (tertiary/aromatic N) is 3. The van der Waals surface area contributed by atoms with Crippen LogP contribution in [0.4, 0.5) is 0 Å². The first kappa shape index (κ1) is 14.5. The minimum atomic E-state index is 0.235. The SMILES string of the molecule is NC1CCN(CC(=O)N(Cc2ccccn2)C2CC2)CC1. The second kappa shape index (κ2) is 6.54. The summed E-state index contributed by atoms with van der Waals surface area (Å²) in [6.07, 6.45) is 6.04. The summed E-state index contributed by atoms with van der Waals surface area (Å²) in [6, 6.07) is 6.60. The first-order valence-electron chi connectivity index (χ1n) is 7.89. The average molecular weight is 288 g/mol. The van der Waals surface area contributed by atoms with Crippen LogP contribution in [0.1, 0.15) is 31.4 Å². The number of rotatable bonds is 5. The summed E-state index contributed by atoms with van der Waals surface area (Å²) < 4.78 is 0. The summed E-state index contributed by atoms with van der Waals surface area (Å²) in [6.45, 7) is 3.04. The molecule has 1 aliphatic carbocycles. The van der Waals surface area contributed by atoms with Crippen LogP contribution in [0.15, 0.2) is 24.4 Å². The van der Waals surface area contributed by atoms with Crippen molar-refractivity contribution in [1.29, 1.82) is 0 Å². The Hall–Kier alpha value is -1.46. The van der Waals surface area contributed by atoms with Gasteiger partial charge in [0.25, 0.3) is 0 Å². The Kier molecular flexibility index (Phi) is 4.51. The molecular formula is C16H24N4O. The molecule has 1 saturated carbocycles. The zero-order valence-corrected chi connectivity index (χ0v) is 12.4. The first-order chi connectivity index (χ1) is 10.2. The van der Waals surface area contributed by atoms with E-state index in [0.717, 1.165) is 44.5 Å². The van der Waals surface area contributed by atoms with Crippen LogP contribution in [-0.4, -0.2) is 52.4 Å². The van der Waals surface area contributed by atoms with Gasteiger partial charge in [-0.3, -0.25) is 14.7 Å². The molecule has 0 unspecified atom stereocenters. The van der Waals surface area contributed by atoms with E-state index >= 15 is 0 Å². The predicted molar refractivity (Wildman–Crippen MR) is 81.5 cm³/mol. The van der Waals surface area contributed by atoms with Crippen LogP contribution in [0.25, 0.3) is 0 Å². The van der Waals surface area contributed by atoms with Gasteiger partial charge in [0.15, 0.2) is 0 Å². The third kappa shape index (κ3) is 4.02. The number of hydrogen-bond acceptors (Lipinski definition) is 4. The molecule has 2 aliphatic rings. The molecule has 21 heavy (non-hydrogen) atoms. The molecule has 2 fully saturated rings. The van der Waals surface area contributed by atoms with Gasteiger partial charge in [0.2, 0.25) is 5.91 Å². The Morgan fingerprint density at radius 2 is 2.05 bits per heavy atom. The molecule has 5 heteroatoms. The smallest absolute Gasteiger partial charge is 0.237 e. The van der Waals surface area contributed by atoms with Crippen molar-refractivity contribution in [3.8, 4) is 0 Å². The largest absolute Gasteiger partial charge is 0.333 e. The number of carbonyl (C=O) groups is 1. The number of likely N-dealkylation sites (tertiary alicyclic amines) is 1. The van der Waals surface area contributed by atoms with Gasteiger partial charge in [-0.05, 0) is 37.8 Å². The summed E-state index contributed by atoms with van der Waals surface area (Å²) >= 11 is 0. The number of nitrogens with two attached hydrogens (primary N) is 1.